The van der Waals surface area contributed by atoms with Crippen LogP contribution in [0.4, 0.5) is 0 Å². The first-order valence-corrected chi connectivity index (χ1v) is 13.3. The van der Waals surface area contributed by atoms with Crippen molar-refractivity contribution in [2.75, 3.05) is 26.9 Å². The SMILES string of the molecule is CCCCOc1cccc(C(O)=C2C(=O)C(=O)N(CCCOC)C2c2ccc(OCc3ccccc3)cc2)c1. The topological polar surface area (TPSA) is 85.3 Å². The van der Waals surface area contributed by atoms with Crippen LogP contribution in [0.3, 0.4) is 0 Å². The molecule has 39 heavy (non-hydrogen) atoms. The molecule has 1 saturated heterocycles. The largest absolute Gasteiger partial charge is 0.507 e. The van der Waals surface area contributed by atoms with Gasteiger partial charge in [0, 0.05) is 25.8 Å². The molecule has 3 aromatic rings. The number of methoxy groups -OCH3 is 1. The van der Waals surface area contributed by atoms with Crippen LogP contribution in [0, 0.1) is 0 Å². The molecule has 1 aliphatic heterocycles. The highest BCUT2D eigenvalue weighted by Gasteiger charge is 2.45. The number of unbranched alkanes of at least 4 members (excludes halogenated alkanes) is 1. The van der Waals surface area contributed by atoms with Gasteiger partial charge in [0.25, 0.3) is 11.7 Å². The zero-order chi connectivity index (χ0) is 27.6. The van der Waals surface area contributed by atoms with Crippen molar-refractivity contribution >= 4 is 17.4 Å². The van der Waals surface area contributed by atoms with Crippen LogP contribution in [0.5, 0.6) is 11.5 Å². The van der Waals surface area contributed by atoms with Crippen LogP contribution < -0.4 is 9.47 Å². The molecule has 3 aromatic carbocycles. The van der Waals surface area contributed by atoms with E-state index < -0.39 is 17.7 Å². The predicted octanol–water partition coefficient (Wildman–Crippen LogP) is 5.90. The van der Waals surface area contributed by atoms with Gasteiger partial charge in [-0.25, -0.2) is 0 Å². The van der Waals surface area contributed by atoms with Gasteiger partial charge in [-0.1, -0.05) is 67.9 Å². The second-order valence-electron chi connectivity index (χ2n) is 9.41. The van der Waals surface area contributed by atoms with Gasteiger partial charge in [0.2, 0.25) is 0 Å². The van der Waals surface area contributed by atoms with Gasteiger partial charge in [0.05, 0.1) is 18.2 Å². The van der Waals surface area contributed by atoms with Crippen LogP contribution in [0.15, 0.2) is 84.4 Å². The van der Waals surface area contributed by atoms with Gasteiger partial charge in [-0.3, -0.25) is 9.59 Å². The van der Waals surface area contributed by atoms with Crippen molar-refractivity contribution in [3.05, 3.63) is 101 Å². The number of hydrogen-bond donors (Lipinski definition) is 1. The van der Waals surface area contributed by atoms with Crippen LogP contribution in [0.1, 0.15) is 48.9 Å². The van der Waals surface area contributed by atoms with Crippen LogP contribution in [-0.4, -0.2) is 48.6 Å². The van der Waals surface area contributed by atoms with E-state index in [9.17, 15) is 14.7 Å². The minimum absolute atomic E-state index is 0.0566. The fourth-order valence-electron chi connectivity index (χ4n) is 4.55. The Morgan fingerprint density at radius 1 is 0.872 bits per heavy atom. The normalized spacial score (nSPS) is 16.5. The maximum absolute atomic E-state index is 13.3. The third kappa shape index (κ3) is 6.86. The van der Waals surface area contributed by atoms with Gasteiger partial charge >= 0.3 is 0 Å². The number of carbonyl (C=O) groups excluding carboxylic acids is 2. The summed E-state index contributed by atoms with van der Waals surface area (Å²) in [6.07, 6.45) is 2.47. The monoisotopic (exact) mass is 529 g/mol. The first kappa shape index (κ1) is 27.9. The van der Waals surface area contributed by atoms with Crippen LogP contribution in [0.2, 0.25) is 0 Å². The highest BCUT2D eigenvalue weighted by atomic mass is 16.5. The Hall–Kier alpha value is -4.10. The number of aliphatic hydroxyl groups is 1. The Morgan fingerprint density at radius 3 is 2.36 bits per heavy atom. The molecule has 0 saturated carbocycles. The smallest absolute Gasteiger partial charge is 0.295 e. The fraction of sp³-hybridized carbons (Fsp3) is 0.312. The van der Waals surface area contributed by atoms with E-state index in [1.54, 1.807) is 31.4 Å². The number of aliphatic hydroxyl groups excluding tert-OH is 1. The molecule has 0 spiro atoms. The summed E-state index contributed by atoms with van der Waals surface area (Å²) in [5.41, 5.74) is 2.23. The third-order valence-electron chi connectivity index (χ3n) is 6.61. The number of rotatable bonds is 13. The number of carbonyl (C=O) groups is 2. The Balaban J connectivity index is 1.65. The van der Waals surface area contributed by atoms with Crippen molar-refractivity contribution < 1.29 is 28.9 Å². The van der Waals surface area contributed by atoms with E-state index in [0.717, 1.165) is 18.4 Å². The zero-order valence-corrected chi connectivity index (χ0v) is 22.5. The summed E-state index contributed by atoms with van der Waals surface area (Å²) < 4.78 is 16.9. The highest BCUT2D eigenvalue weighted by Crippen LogP contribution is 2.40. The average molecular weight is 530 g/mol. The van der Waals surface area contributed by atoms with Gasteiger partial charge in [0.1, 0.15) is 23.9 Å². The third-order valence-corrected chi connectivity index (χ3v) is 6.61. The number of hydrogen-bond acceptors (Lipinski definition) is 6. The zero-order valence-electron chi connectivity index (χ0n) is 22.5. The number of amides is 1. The lowest BCUT2D eigenvalue weighted by atomic mass is 9.95. The molecular weight excluding hydrogens is 494 g/mol. The first-order valence-electron chi connectivity index (χ1n) is 13.3. The molecule has 0 aliphatic carbocycles. The molecule has 4 rings (SSSR count). The molecule has 1 fully saturated rings. The number of benzene rings is 3. The average Bonchev–Trinajstić information content (AvgIpc) is 3.22. The van der Waals surface area contributed by atoms with Gasteiger partial charge in [-0.05, 0) is 48.2 Å². The maximum Gasteiger partial charge on any atom is 0.295 e. The number of Topliss-reactive ketones (excluding diaryl/α,β-unsaturated/α-hetero) is 1. The van der Waals surface area contributed by atoms with Crippen molar-refractivity contribution in [2.24, 2.45) is 0 Å². The number of likely N-dealkylation sites (tertiary alicyclic amines) is 1. The molecule has 1 amide bonds. The standard InChI is InChI=1S/C32H35NO6/c1-3-4-20-38-27-13-8-12-25(21-27)30(34)28-29(33(18-9-19-37-2)32(36)31(28)35)24-14-16-26(17-15-24)39-22-23-10-6-5-7-11-23/h5-8,10-17,21,29,34H,3-4,9,18-20,22H2,1-2H3. The first-order chi connectivity index (χ1) is 19.0. The van der Waals surface area contributed by atoms with Gasteiger partial charge in [-0.2, -0.15) is 0 Å². The van der Waals surface area contributed by atoms with Crippen molar-refractivity contribution in [1.82, 2.24) is 4.90 Å². The molecule has 7 nitrogen and oxygen atoms in total. The summed E-state index contributed by atoms with van der Waals surface area (Å²) in [4.78, 5) is 27.9. The Bertz CT molecular complexity index is 1290. The van der Waals surface area contributed by atoms with Gasteiger partial charge < -0.3 is 24.2 Å². The second kappa shape index (κ2) is 13.6. The van der Waals surface area contributed by atoms with E-state index in [-0.39, 0.29) is 11.3 Å². The molecule has 0 radical (unpaired) electrons. The summed E-state index contributed by atoms with van der Waals surface area (Å²) >= 11 is 0. The van der Waals surface area contributed by atoms with E-state index in [0.29, 0.717) is 55.4 Å². The minimum atomic E-state index is -0.741. The number of nitrogens with zero attached hydrogens (tertiary/aromatic N) is 1. The summed E-state index contributed by atoms with van der Waals surface area (Å²) in [5.74, 6) is -0.318. The summed E-state index contributed by atoms with van der Waals surface area (Å²) in [5, 5.41) is 11.4. The molecule has 1 unspecified atom stereocenters. The number of ketones is 1. The lowest BCUT2D eigenvalue weighted by molar-refractivity contribution is -0.140. The minimum Gasteiger partial charge on any atom is -0.507 e. The molecular formula is C32H35NO6. The lowest BCUT2D eigenvalue weighted by Crippen LogP contribution is -2.31. The summed E-state index contributed by atoms with van der Waals surface area (Å²) in [6.45, 7) is 3.82. The highest BCUT2D eigenvalue weighted by molar-refractivity contribution is 6.46. The van der Waals surface area contributed by atoms with Crippen molar-refractivity contribution in [3.8, 4) is 11.5 Å². The van der Waals surface area contributed by atoms with E-state index in [1.165, 1.54) is 4.90 Å². The quantitative estimate of drug-likeness (QED) is 0.128. The second-order valence-corrected chi connectivity index (χ2v) is 9.41. The van der Waals surface area contributed by atoms with Crippen molar-refractivity contribution in [1.29, 1.82) is 0 Å². The van der Waals surface area contributed by atoms with Crippen LogP contribution >= 0.6 is 0 Å². The molecule has 1 heterocycles. The van der Waals surface area contributed by atoms with E-state index in [1.807, 2.05) is 54.6 Å². The van der Waals surface area contributed by atoms with Crippen molar-refractivity contribution in [3.63, 3.8) is 0 Å². The Labute approximate surface area is 229 Å². The number of ether oxygens (including phenoxy) is 3. The van der Waals surface area contributed by atoms with E-state index >= 15 is 0 Å². The fourth-order valence-corrected chi connectivity index (χ4v) is 4.55. The summed E-state index contributed by atoms with van der Waals surface area (Å²) in [6, 6.07) is 23.4. The maximum atomic E-state index is 13.3. The molecule has 7 heteroatoms. The summed E-state index contributed by atoms with van der Waals surface area (Å²) in [7, 11) is 1.59. The Kier molecular flexibility index (Phi) is 9.75. The molecule has 0 aromatic heterocycles. The van der Waals surface area contributed by atoms with Gasteiger partial charge in [-0.15, -0.1) is 0 Å². The van der Waals surface area contributed by atoms with Crippen LogP contribution in [0.25, 0.3) is 5.76 Å². The van der Waals surface area contributed by atoms with Crippen LogP contribution in [-0.2, 0) is 20.9 Å². The molecule has 204 valence electrons. The molecule has 1 atom stereocenters. The predicted molar refractivity (Wildman–Crippen MR) is 150 cm³/mol. The van der Waals surface area contributed by atoms with Gasteiger partial charge in [0.15, 0.2) is 0 Å². The van der Waals surface area contributed by atoms with E-state index in [2.05, 4.69) is 6.92 Å². The van der Waals surface area contributed by atoms with Crippen molar-refractivity contribution in [2.45, 2.75) is 38.8 Å². The van der Waals surface area contributed by atoms with E-state index in [4.69, 9.17) is 14.2 Å². The molecule has 1 aliphatic rings. The molecule has 0 bridgehead atoms. The molecule has 1 N–H and O–H groups in total. The Morgan fingerprint density at radius 2 is 1.64 bits per heavy atom. The lowest BCUT2D eigenvalue weighted by Gasteiger charge is -2.25.